The molecular weight excluding hydrogens is 524 g/mol. The van der Waals surface area contributed by atoms with E-state index in [2.05, 4.69) is 37.4 Å². The summed E-state index contributed by atoms with van der Waals surface area (Å²) in [6, 6.07) is 11.7. The van der Waals surface area contributed by atoms with Crippen LogP contribution in [0.4, 0.5) is 5.82 Å². The second-order valence-corrected chi connectivity index (χ2v) is 9.88. The molecule has 3 aromatic heterocycles. The summed E-state index contributed by atoms with van der Waals surface area (Å²) in [7, 11) is 0. The molecule has 1 amide bonds. The molecule has 0 atom stereocenters. The maximum Gasteiger partial charge on any atom is 0.231 e. The van der Waals surface area contributed by atoms with E-state index in [4.69, 9.17) is 14.5 Å². The Morgan fingerprint density at radius 1 is 1.08 bits per heavy atom. The van der Waals surface area contributed by atoms with Crippen LogP contribution >= 0.6 is 15.9 Å². The molecule has 0 unspecified atom stereocenters. The highest BCUT2D eigenvalue weighted by Crippen LogP contribution is 2.34. The molecule has 10 heteroatoms. The van der Waals surface area contributed by atoms with E-state index in [1.165, 1.54) is 0 Å². The summed E-state index contributed by atoms with van der Waals surface area (Å²) in [6.45, 7) is 2.28. The van der Waals surface area contributed by atoms with Gasteiger partial charge >= 0.3 is 0 Å². The smallest absolute Gasteiger partial charge is 0.231 e. The number of nitrogens with zero attached hydrogens (tertiary/aromatic N) is 5. The Hall–Kier alpha value is -3.66. The quantitative estimate of drug-likeness (QED) is 0.386. The second kappa shape index (κ2) is 9.77. The number of fused-ring (bicyclic) bond motifs is 2. The highest BCUT2D eigenvalue weighted by Gasteiger charge is 2.26. The Labute approximate surface area is 216 Å². The van der Waals surface area contributed by atoms with Gasteiger partial charge in [-0.05, 0) is 58.1 Å². The molecule has 0 saturated carbocycles. The van der Waals surface area contributed by atoms with Crippen molar-refractivity contribution in [1.82, 2.24) is 24.5 Å². The molecule has 0 radical (unpaired) electrons. The van der Waals surface area contributed by atoms with Crippen molar-refractivity contribution in [1.29, 1.82) is 0 Å². The third-order valence-electron chi connectivity index (χ3n) is 6.70. The van der Waals surface area contributed by atoms with E-state index in [-0.39, 0.29) is 18.6 Å². The van der Waals surface area contributed by atoms with Crippen LogP contribution in [0, 0.1) is 0 Å². The van der Waals surface area contributed by atoms with Gasteiger partial charge in [-0.25, -0.2) is 4.98 Å². The third-order valence-corrected chi connectivity index (χ3v) is 7.26. The molecule has 5 heterocycles. The number of hydrogen-bond acceptors (Lipinski definition) is 7. The first-order valence-electron chi connectivity index (χ1n) is 12.0. The van der Waals surface area contributed by atoms with Gasteiger partial charge < -0.3 is 19.7 Å². The van der Waals surface area contributed by atoms with Gasteiger partial charge in [-0.3, -0.25) is 9.78 Å². The highest BCUT2D eigenvalue weighted by molar-refractivity contribution is 9.10. The summed E-state index contributed by atoms with van der Waals surface area (Å²) in [6.07, 6.45) is 7.47. The fraction of sp³-hybridized carbons (Fsp3) is 0.308. The predicted molar refractivity (Wildman–Crippen MR) is 137 cm³/mol. The van der Waals surface area contributed by atoms with Crippen LogP contribution in [0.1, 0.15) is 35.6 Å². The molecule has 6 rings (SSSR count). The van der Waals surface area contributed by atoms with Gasteiger partial charge in [0.1, 0.15) is 5.82 Å². The van der Waals surface area contributed by atoms with Gasteiger partial charge in [0.05, 0.1) is 17.1 Å². The Morgan fingerprint density at radius 3 is 2.78 bits per heavy atom. The first-order valence-corrected chi connectivity index (χ1v) is 12.8. The highest BCUT2D eigenvalue weighted by atomic mass is 79.9. The number of halogens is 1. The fourth-order valence-electron chi connectivity index (χ4n) is 4.75. The van der Waals surface area contributed by atoms with Gasteiger partial charge in [0.2, 0.25) is 12.7 Å². The molecule has 1 saturated heterocycles. The summed E-state index contributed by atoms with van der Waals surface area (Å²) < 4.78 is 13.5. The lowest BCUT2D eigenvalue weighted by Crippen LogP contribution is -2.39. The van der Waals surface area contributed by atoms with E-state index in [9.17, 15) is 4.79 Å². The van der Waals surface area contributed by atoms with Crippen LogP contribution < -0.4 is 14.8 Å². The number of benzene rings is 1. The van der Waals surface area contributed by atoms with Gasteiger partial charge in [0.25, 0.3) is 0 Å². The molecule has 36 heavy (non-hydrogen) atoms. The van der Waals surface area contributed by atoms with Gasteiger partial charge in [0, 0.05) is 49.7 Å². The molecular formula is C26H25BrN6O3. The van der Waals surface area contributed by atoms with Crippen molar-refractivity contribution >= 4 is 33.3 Å². The molecule has 4 aromatic rings. The van der Waals surface area contributed by atoms with Gasteiger partial charge in [-0.15, -0.1) is 0 Å². The second-order valence-electron chi connectivity index (χ2n) is 9.03. The van der Waals surface area contributed by atoms with Crippen molar-refractivity contribution in [3.05, 3.63) is 76.3 Å². The number of rotatable bonds is 6. The predicted octanol–water partition coefficient (Wildman–Crippen LogP) is 4.18. The summed E-state index contributed by atoms with van der Waals surface area (Å²) >= 11 is 3.58. The van der Waals surface area contributed by atoms with E-state index < -0.39 is 0 Å². The van der Waals surface area contributed by atoms with E-state index >= 15 is 0 Å². The standard InChI is InChI=1S/C26H25BrN6O3/c27-20-15-30-33-24(29-14-18-2-1-7-28-13-18)12-21(31-26(20)33)19-5-8-32(9-6-19)25(34)11-17-3-4-22-23(10-17)36-16-35-22/h1-4,7,10,12-13,15,19,29H,5-6,8-9,11,14,16H2. The first kappa shape index (κ1) is 22.8. The molecule has 2 aliphatic heterocycles. The number of aromatic nitrogens is 4. The molecule has 0 aliphatic carbocycles. The Kier molecular flexibility index (Phi) is 6.18. The zero-order valence-electron chi connectivity index (χ0n) is 19.6. The van der Waals surface area contributed by atoms with Crippen LogP contribution in [0.2, 0.25) is 0 Å². The molecule has 1 fully saturated rings. The molecule has 9 nitrogen and oxygen atoms in total. The Balaban J connectivity index is 1.13. The van der Waals surface area contributed by atoms with Crippen LogP contribution in [0.5, 0.6) is 11.5 Å². The molecule has 2 aliphatic rings. The average Bonchev–Trinajstić information content (AvgIpc) is 3.54. The average molecular weight is 549 g/mol. The minimum absolute atomic E-state index is 0.132. The Bertz CT molecular complexity index is 1400. The molecule has 1 aromatic carbocycles. The number of amides is 1. The maximum atomic E-state index is 13.0. The van der Waals surface area contributed by atoms with Crippen LogP contribution in [-0.4, -0.2) is 50.3 Å². The van der Waals surface area contributed by atoms with Crippen molar-refractivity contribution in [3.8, 4) is 11.5 Å². The molecule has 0 bridgehead atoms. The summed E-state index contributed by atoms with van der Waals surface area (Å²) in [5.41, 5.74) is 3.82. The number of likely N-dealkylation sites (tertiary alicyclic amines) is 1. The van der Waals surface area contributed by atoms with Crippen molar-refractivity contribution in [2.45, 2.75) is 31.7 Å². The van der Waals surface area contributed by atoms with Crippen molar-refractivity contribution in [2.24, 2.45) is 0 Å². The summed E-state index contributed by atoms with van der Waals surface area (Å²) in [5, 5.41) is 7.96. The van der Waals surface area contributed by atoms with Crippen LogP contribution in [-0.2, 0) is 17.8 Å². The number of carbonyl (C=O) groups excluding carboxylic acids is 1. The molecule has 0 spiro atoms. The van der Waals surface area contributed by atoms with Crippen molar-refractivity contribution in [2.75, 3.05) is 25.2 Å². The lowest BCUT2D eigenvalue weighted by molar-refractivity contribution is -0.131. The van der Waals surface area contributed by atoms with Crippen LogP contribution in [0.15, 0.2) is 59.5 Å². The maximum absolute atomic E-state index is 13.0. The van der Waals surface area contributed by atoms with Crippen LogP contribution in [0.25, 0.3) is 5.65 Å². The van der Waals surface area contributed by atoms with Gasteiger partial charge in [0.15, 0.2) is 17.1 Å². The van der Waals surface area contributed by atoms with E-state index in [0.29, 0.717) is 31.8 Å². The zero-order chi connectivity index (χ0) is 24.5. The normalized spacial score (nSPS) is 15.4. The minimum atomic E-state index is 0.132. The van der Waals surface area contributed by atoms with E-state index in [1.807, 2.05) is 45.9 Å². The van der Waals surface area contributed by atoms with Gasteiger partial charge in [-0.2, -0.15) is 9.61 Å². The largest absolute Gasteiger partial charge is 0.454 e. The fourth-order valence-corrected chi connectivity index (χ4v) is 5.10. The number of anilines is 1. The SMILES string of the molecule is O=C(Cc1ccc2c(c1)OCO2)N1CCC(c2cc(NCc3cccnc3)n3ncc(Br)c3n2)CC1. The van der Waals surface area contributed by atoms with E-state index in [0.717, 1.165) is 51.3 Å². The summed E-state index contributed by atoms with van der Waals surface area (Å²) in [5.74, 6) is 2.72. The number of ether oxygens (including phenoxy) is 2. The number of pyridine rings is 1. The lowest BCUT2D eigenvalue weighted by Gasteiger charge is -2.32. The number of piperidine rings is 1. The first-order chi connectivity index (χ1) is 17.6. The minimum Gasteiger partial charge on any atom is -0.454 e. The Morgan fingerprint density at radius 2 is 1.94 bits per heavy atom. The van der Waals surface area contributed by atoms with Crippen molar-refractivity contribution in [3.63, 3.8) is 0 Å². The molecule has 184 valence electrons. The number of nitrogens with one attached hydrogen (secondary N) is 1. The molecule has 1 N–H and O–H groups in total. The lowest BCUT2D eigenvalue weighted by atomic mass is 9.92. The summed E-state index contributed by atoms with van der Waals surface area (Å²) in [4.78, 5) is 24.0. The zero-order valence-corrected chi connectivity index (χ0v) is 21.1. The third kappa shape index (κ3) is 4.60. The van der Waals surface area contributed by atoms with Crippen LogP contribution in [0.3, 0.4) is 0 Å². The number of hydrogen-bond donors (Lipinski definition) is 1. The monoisotopic (exact) mass is 548 g/mol. The van der Waals surface area contributed by atoms with Gasteiger partial charge in [-0.1, -0.05) is 12.1 Å². The topological polar surface area (TPSA) is 93.9 Å². The van der Waals surface area contributed by atoms with E-state index in [1.54, 1.807) is 12.4 Å². The number of carbonyl (C=O) groups is 1. The van der Waals surface area contributed by atoms with Crippen molar-refractivity contribution < 1.29 is 14.3 Å².